The minimum atomic E-state index is -3.63. The Bertz CT molecular complexity index is 1140. The number of para-hydroxylation sites is 2. The lowest BCUT2D eigenvalue weighted by atomic mass is 10.0. The van der Waals surface area contributed by atoms with Gasteiger partial charge < -0.3 is 4.90 Å². The normalized spacial score (nSPS) is 17.1. The smallest absolute Gasteiger partial charge is 0.242 e. The van der Waals surface area contributed by atoms with Crippen LogP contribution in [0.2, 0.25) is 0 Å². The molecular formula is C17H12N4O3S. The first-order chi connectivity index (χ1) is 12.1. The molecule has 0 N–H and O–H groups in total. The summed E-state index contributed by atoms with van der Waals surface area (Å²) in [6.45, 7) is 0.223. The minimum Gasteiger partial charge on any atom is -0.303 e. The highest BCUT2D eigenvalue weighted by atomic mass is 32.2. The third kappa shape index (κ3) is 1.91. The molecule has 3 heterocycles. The SMILES string of the molecule is O=C1CS(=O)(=O)c2cccc3c2N1Cc1nnn(-c2ccccc2)c1-3. The fraction of sp³-hybridized carbons (Fsp3) is 0.118. The van der Waals surface area contributed by atoms with Crippen molar-refractivity contribution in [2.75, 3.05) is 10.7 Å². The number of benzene rings is 2. The van der Waals surface area contributed by atoms with Gasteiger partial charge in [0.25, 0.3) is 0 Å². The Kier molecular flexibility index (Phi) is 2.73. The number of carbonyl (C=O) groups is 1. The van der Waals surface area contributed by atoms with Crippen LogP contribution in [0.3, 0.4) is 0 Å². The molecular weight excluding hydrogens is 340 g/mol. The van der Waals surface area contributed by atoms with Gasteiger partial charge in [0, 0.05) is 5.56 Å². The first kappa shape index (κ1) is 14.4. The first-order valence-electron chi connectivity index (χ1n) is 7.73. The van der Waals surface area contributed by atoms with E-state index in [0.717, 1.165) is 11.4 Å². The van der Waals surface area contributed by atoms with Crippen LogP contribution < -0.4 is 4.90 Å². The van der Waals surface area contributed by atoms with Crippen LogP contribution in [0, 0.1) is 0 Å². The number of rotatable bonds is 1. The number of fused-ring (bicyclic) bond motifs is 2. The molecule has 0 radical (unpaired) electrons. The third-order valence-corrected chi connectivity index (χ3v) is 6.15. The van der Waals surface area contributed by atoms with Crippen molar-refractivity contribution >= 4 is 21.4 Å². The average Bonchev–Trinajstić information content (AvgIpc) is 3.04. The Hall–Kier alpha value is -3.00. The van der Waals surface area contributed by atoms with Gasteiger partial charge in [0.05, 0.1) is 22.8 Å². The molecule has 0 saturated carbocycles. The zero-order valence-electron chi connectivity index (χ0n) is 13.0. The molecule has 2 aliphatic rings. The molecule has 3 aromatic rings. The largest absolute Gasteiger partial charge is 0.303 e. The molecule has 5 rings (SSSR count). The monoisotopic (exact) mass is 352 g/mol. The lowest BCUT2D eigenvalue weighted by Crippen LogP contribution is -2.42. The maximum absolute atomic E-state index is 12.4. The molecule has 124 valence electrons. The van der Waals surface area contributed by atoms with Crippen LogP contribution in [0.4, 0.5) is 5.69 Å². The molecule has 1 amide bonds. The van der Waals surface area contributed by atoms with Gasteiger partial charge in [-0.15, -0.1) is 5.10 Å². The summed E-state index contributed by atoms with van der Waals surface area (Å²) in [5.41, 5.74) is 3.30. The van der Waals surface area contributed by atoms with E-state index < -0.39 is 21.5 Å². The van der Waals surface area contributed by atoms with E-state index >= 15 is 0 Å². The average molecular weight is 352 g/mol. The number of hydrogen-bond acceptors (Lipinski definition) is 5. The fourth-order valence-corrected chi connectivity index (χ4v) is 4.88. The van der Waals surface area contributed by atoms with E-state index in [1.165, 1.54) is 4.90 Å². The van der Waals surface area contributed by atoms with Crippen LogP contribution in [-0.2, 0) is 21.2 Å². The molecule has 2 aliphatic heterocycles. The van der Waals surface area contributed by atoms with Gasteiger partial charge in [0.2, 0.25) is 5.91 Å². The summed E-state index contributed by atoms with van der Waals surface area (Å²) >= 11 is 0. The second kappa shape index (κ2) is 4.76. The second-order valence-corrected chi connectivity index (χ2v) is 7.98. The van der Waals surface area contributed by atoms with Gasteiger partial charge in [0.1, 0.15) is 17.1 Å². The van der Waals surface area contributed by atoms with Gasteiger partial charge >= 0.3 is 0 Å². The molecule has 25 heavy (non-hydrogen) atoms. The van der Waals surface area contributed by atoms with E-state index in [4.69, 9.17) is 0 Å². The highest BCUT2D eigenvalue weighted by molar-refractivity contribution is 7.92. The Morgan fingerprint density at radius 2 is 1.80 bits per heavy atom. The van der Waals surface area contributed by atoms with Gasteiger partial charge in [-0.3, -0.25) is 4.79 Å². The summed E-state index contributed by atoms with van der Waals surface area (Å²) in [5.74, 6) is -0.939. The van der Waals surface area contributed by atoms with Crippen molar-refractivity contribution in [3.8, 4) is 16.9 Å². The Labute approximate surface area is 143 Å². The van der Waals surface area contributed by atoms with Crippen LogP contribution in [0.25, 0.3) is 16.9 Å². The number of carbonyl (C=O) groups excluding carboxylic acids is 1. The molecule has 0 unspecified atom stereocenters. The van der Waals surface area contributed by atoms with Crippen LogP contribution in [-0.4, -0.2) is 35.1 Å². The van der Waals surface area contributed by atoms with Gasteiger partial charge in [-0.25, -0.2) is 13.1 Å². The molecule has 1 aromatic heterocycles. The number of amides is 1. The Morgan fingerprint density at radius 3 is 2.60 bits per heavy atom. The predicted molar refractivity (Wildman–Crippen MR) is 90.0 cm³/mol. The van der Waals surface area contributed by atoms with E-state index in [1.807, 2.05) is 30.3 Å². The van der Waals surface area contributed by atoms with Crippen LogP contribution >= 0.6 is 0 Å². The quantitative estimate of drug-likeness (QED) is 0.664. The topological polar surface area (TPSA) is 85.2 Å². The van der Waals surface area contributed by atoms with E-state index in [9.17, 15) is 13.2 Å². The molecule has 0 aliphatic carbocycles. The maximum atomic E-state index is 12.4. The summed E-state index contributed by atoms with van der Waals surface area (Å²) in [6.07, 6.45) is 0. The van der Waals surface area contributed by atoms with Crippen molar-refractivity contribution < 1.29 is 13.2 Å². The number of anilines is 1. The van der Waals surface area contributed by atoms with Crippen molar-refractivity contribution in [1.29, 1.82) is 0 Å². The van der Waals surface area contributed by atoms with Crippen LogP contribution in [0.5, 0.6) is 0 Å². The second-order valence-electron chi connectivity index (χ2n) is 6.02. The number of aromatic nitrogens is 3. The van der Waals surface area contributed by atoms with Crippen molar-refractivity contribution in [3.05, 3.63) is 54.2 Å². The molecule has 0 spiro atoms. The third-order valence-electron chi connectivity index (χ3n) is 4.52. The van der Waals surface area contributed by atoms with E-state index in [0.29, 0.717) is 16.9 Å². The lowest BCUT2D eigenvalue weighted by molar-refractivity contribution is -0.116. The van der Waals surface area contributed by atoms with E-state index in [1.54, 1.807) is 22.9 Å². The summed E-state index contributed by atoms with van der Waals surface area (Å²) in [4.78, 5) is 14.1. The van der Waals surface area contributed by atoms with Gasteiger partial charge in [-0.2, -0.15) is 0 Å². The van der Waals surface area contributed by atoms with E-state index in [2.05, 4.69) is 10.3 Å². The van der Waals surface area contributed by atoms with Crippen molar-refractivity contribution in [3.63, 3.8) is 0 Å². The highest BCUT2D eigenvalue weighted by Crippen LogP contribution is 2.45. The summed E-state index contributed by atoms with van der Waals surface area (Å²) in [5, 5.41) is 8.45. The predicted octanol–water partition coefficient (Wildman–Crippen LogP) is 1.57. The van der Waals surface area contributed by atoms with Crippen molar-refractivity contribution in [1.82, 2.24) is 15.0 Å². The molecule has 0 atom stereocenters. The molecule has 8 heteroatoms. The van der Waals surface area contributed by atoms with E-state index in [-0.39, 0.29) is 11.4 Å². The Balaban J connectivity index is 1.84. The Morgan fingerprint density at radius 1 is 1.00 bits per heavy atom. The molecule has 0 fully saturated rings. The number of nitrogens with zero attached hydrogens (tertiary/aromatic N) is 4. The summed E-state index contributed by atoms with van der Waals surface area (Å²) < 4.78 is 26.6. The summed E-state index contributed by atoms with van der Waals surface area (Å²) in [6, 6.07) is 14.6. The number of hydrogen-bond donors (Lipinski definition) is 0. The standard InChI is InChI=1S/C17H12N4O3S/c22-15-10-25(23,24)14-8-4-7-12-16-13(9-20(15)17(12)14)18-19-21(16)11-5-2-1-3-6-11/h1-8H,9-10H2. The van der Waals surface area contributed by atoms with Crippen LogP contribution in [0.15, 0.2) is 53.4 Å². The highest BCUT2D eigenvalue weighted by Gasteiger charge is 2.41. The van der Waals surface area contributed by atoms with Gasteiger partial charge in [-0.05, 0) is 18.2 Å². The molecule has 0 bridgehead atoms. The number of sulfone groups is 1. The van der Waals surface area contributed by atoms with Gasteiger partial charge in [0.15, 0.2) is 9.84 Å². The fourth-order valence-electron chi connectivity index (χ4n) is 3.44. The molecule has 0 saturated heterocycles. The zero-order valence-corrected chi connectivity index (χ0v) is 13.8. The van der Waals surface area contributed by atoms with Gasteiger partial charge in [-0.1, -0.05) is 35.5 Å². The molecule has 2 aromatic carbocycles. The minimum absolute atomic E-state index is 0.191. The summed E-state index contributed by atoms with van der Waals surface area (Å²) in [7, 11) is -3.63. The first-order valence-corrected chi connectivity index (χ1v) is 9.38. The maximum Gasteiger partial charge on any atom is 0.242 e. The zero-order chi connectivity index (χ0) is 17.2. The van der Waals surface area contributed by atoms with Crippen LogP contribution in [0.1, 0.15) is 5.69 Å². The van der Waals surface area contributed by atoms with Crippen molar-refractivity contribution in [2.45, 2.75) is 11.4 Å². The van der Waals surface area contributed by atoms with Crippen molar-refractivity contribution in [2.24, 2.45) is 0 Å². The lowest BCUT2D eigenvalue weighted by Gasteiger charge is -2.33. The molecule has 7 nitrogen and oxygen atoms in total.